The molecule has 1 saturated carbocycles. The Balaban J connectivity index is 2.11. The zero-order valence-corrected chi connectivity index (χ0v) is 11.8. The van der Waals surface area contributed by atoms with Crippen LogP contribution in [0.1, 0.15) is 64.7 Å². The third kappa shape index (κ3) is 5.29. The molecule has 0 atom stereocenters. The van der Waals surface area contributed by atoms with Crippen molar-refractivity contribution in [2.24, 2.45) is 5.41 Å². The van der Waals surface area contributed by atoms with Crippen molar-refractivity contribution in [2.75, 3.05) is 12.4 Å². The lowest BCUT2D eigenvalue weighted by Crippen LogP contribution is -2.40. The second-order valence-electron chi connectivity index (χ2n) is 5.48. The minimum atomic E-state index is -0.0889. The highest BCUT2D eigenvalue weighted by Gasteiger charge is 2.33. The molecule has 2 nitrogen and oxygen atoms in total. The first-order valence-electron chi connectivity index (χ1n) is 7.03. The maximum absolute atomic E-state index is 12.1. The minimum Gasteiger partial charge on any atom is -0.356 e. The lowest BCUT2D eigenvalue weighted by atomic mass is 9.75. The van der Waals surface area contributed by atoms with Gasteiger partial charge in [-0.15, -0.1) is 11.6 Å². The smallest absolute Gasteiger partial charge is 0.225 e. The fourth-order valence-electron chi connectivity index (χ4n) is 2.55. The van der Waals surface area contributed by atoms with Gasteiger partial charge < -0.3 is 5.32 Å². The van der Waals surface area contributed by atoms with E-state index in [1.807, 2.05) is 0 Å². The Hall–Kier alpha value is -0.240. The van der Waals surface area contributed by atoms with Gasteiger partial charge in [0.1, 0.15) is 0 Å². The number of nitrogens with one attached hydrogen (secondary N) is 1. The van der Waals surface area contributed by atoms with Crippen molar-refractivity contribution in [3.8, 4) is 0 Å². The van der Waals surface area contributed by atoms with Gasteiger partial charge in [-0.25, -0.2) is 0 Å². The number of hydrogen-bond donors (Lipinski definition) is 1. The van der Waals surface area contributed by atoms with E-state index in [1.165, 1.54) is 32.1 Å². The van der Waals surface area contributed by atoms with E-state index in [0.29, 0.717) is 0 Å². The normalized spacial score (nSPS) is 18.9. The van der Waals surface area contributed by atoms with Gasteiger partial charge in [0.25, 0.3) is 0 Å². The average Bonchev–Trinajstić information content (AvgIpc) is 2.34. The van der Waals surface area contributed by atoms with Crippen molar-refractivity contribution in [3.63, 3.8) is 0 Å². The molecule has 0 aliphatic heterocycles. The largest absolute Gasteiger partial charge is 0.356 e. The Morgan fingerprint density at radius 3 is 2.41 bits per heavy atom. The van der Waals surface area contributed by atoms with Gasteiger partial charge >= 0.3 is 0 Å². The zero-order chi connectivity index (χ0) is 12.6. The molecule has 100 valence electrons. The first kappa shape index (κ1) is 14.8. The quantitative estimate of drug-likeness (QED) is 0.546. The molecule has 3 heteroatoms. The van der Waals surface area contributed by atoms with E-state index in [9.17, 15) is 4.79 Å². The monoisotopic (exact) mass is 259 g/mol. The molecule has 0 unspecified atom stereocenters. The number of unbranched alkanes of at least 4 members (excludes halogenated alkanes) is 3. The molecule has 1 rings (SSSR count). The number of carbonyl (C=O) groups excluding carboxylic acids is 1. The number of amides is 1. The van der Waals surface area contributed by atoms with Gasteiger partial charge in [0.2, 0.25) is 5.91 Å². The van der Waals surface area contributed by atoms with Crippen molar-refractivity contribution in [3.05, 3.63) is 0 Å². The van der Waals surface area contributed by atoms with Crippen LogP contribution in [-0.4, -0.2) is 18.3 Å². The fourth-order valence-corrected chi connectivity index (χ4v) is 2.74. The average molecular weight is 260 g/mol. The molecule has 1 fully saturated rings. The Morgan fingerprint density at radius 1 is 1.12 bits per heavy atom. The van der Waals surface area contributed by atoms with E-state index in [4.69, 9.17) is 11.6 Å². The molecule has 17 heavy (non-hydrogen) atoms. The second-order valence-corrected chi connectivity index (χ2v) is 5.86. The summed E-state index contributed by atoms with van der Waals surface area (Å²) in [5.74, 6) is 1.03. The van der Waals surface area contributed by atoms with Crippen molar-refractivity contribution < 1.29 is 4.79 Å². The summed E-state index contributed by atoms with van der Waals surface area (Å²) in [4.78, 5) is 12.1. The number of carbonyl (C=O) groups is 1. The zero-order valence-electron chi connectivity index (χ0n) is 11.1. The molecule has 1 aliphatic carbocycles. The summed E-state index contributed by atoms with van der Waals surface area (Å²) in [6.07, 6.45) is 10.4. The summed E-state index contributed by atoms with van der Waals surface area (Å²) in [6.45, 7) is 2.95. The maximum Gasteiger partial charge on any atom is 0.225 e. The van der Waals surface area contributed by atoms with Gasteiger partial charge in [0, 0.05) is 17.8 Å². The summed E-state index contributed by atoms with van der Waals surface area (Å²) in [7, 11) is 0. The molecule has 1 amide bonds. The maximum atomic E-state index is 12.1. The molecule has 0 bridgehead atoms. The van der Waals surface area contributed by atoms with E-state index in [2.05, 4.69) is 12.2 Å². The molecule has 1 aliphatic rings. The SMILES string of the molecule is CC1(C(=O)NCCCCCCCl)CCCCC1. The third-order valence-electron chi connectivity index (χ3n) is 3.85. The molecule has 0 aromatic rings. The van der Waals surface area contributed by atoms with Crippen LogP contribution in [0.3, 0.4) is 0 Å². The number of hydrogen-bond acceptors (Lipinski definition) is 1. The van der Waals surface area contributed by atoms with Crippen molar-refractivity contribution in [1.82, 2.24) is 5.32 Å². The van der Waals surface area contributed by atoms with Gasteiger partial charge in [-0.2, -0.15) is 0 Å². The van der Waals surface area contributed by atoms with Gasteiger partial charge in [0.15, 0.2) is 0 Å². The summed E-state index contributed by atoms with van der Waals surface area (Å²) in [5, 5.41) is 3.10. The van der Waals surface area contributed by atoms with Crippen LogP contribution < -0.4 is 5.32 Å². The highest BCUT2D eigenvalue weighted by Crippen LogP contribution is 2.35. The lowest BCUT2D eigenvalue weighted by molar-refractivity contribution is -0.131. The van der Waals surface area contributed by atoms with E-state index in [-0.39, 0.29) is 11.3 Å². The van der Waals surface area contributed by atoms with E-state index < -0.39 is 0 Å². The van der Waals surface area contributed by atoms with Crippen LogP contribution in [0.4, 0.5) is 0 Å². The van der Waals surface area contributed by atoms with Gasteiger partial charge in [0.05, 0.1) is 0 Å². The topological polar surface area (TPSA) is 29.1 Å². The first-order chi connectivity index (χ1) is 8.19. The highest BCUT2D eigenvalue weighted by molar-refractivity contribution is 6.17. The van der Waals surface area contributed by atoms with Gasteiger partial charge in [-0.3, -0.25) is 4.79 Å². The number of rotatable bonds is 7. The summed E-state index contributed by atoms with van der Waals surface area (Å²) in [6, 6.07) is 0. The minimum absolute atomic E-state index is 0.0889. The Labute approximate surface area is 110 Å². The Bertz CT molecular complexity index is 224. The molecular weight excluding hydrogens is 234 g/mol. The van der Waals surface area contributed by atoms with Crippen LogP contribution in [0.5, 0.6) is 0 Å². The van der Waals surface area contributed by atoms with Crippen molar-refractivity contribution in [2.45, 2.75) is 64.7 Å². The highest BCUT2D eigenvalue weighted by atomic mass is 35.5. The van der Waals surface area contributed by atoms with Crippen LogP contribution in [-0.2, 0) is 4.79 Å². The summed E-state index contributed by atoms with van der Waals surface area (Å²) in [5.41, 5.74) is -0.0889. The predicted molar refractivity (Wildman–Crippen MR) is 73.4 cm³/mol. The van der Waals surface area contributed by atoms with Gasteiger partial charge in [-0.05, 0) is 25.7 Å². The summed E-state index contributed by atoms with van der Waals surface area (Å²) >= 11 is 5.61. The molecule has 0 heterocycles. The van der Waals surface area contributed by atoms with Crippen LogP contribution in [0.15, 0.2) is 0 Å². The molecule has 0 aromatic heterocycles. The molecule has 0 spiro atoms. The van der Waals surface area contributed by atoms with Crippen molar-refractivity contribution in [1.29, 1.82) is 0 Å². The van der Waals surface area contributed by atoms with Crippen LogP contribution in [0.2, 0.25) is 0 Å². The van der Waals surface area contributed by atoms with Gasteiger partial charge in [-0.1, -0.05) is 39.0 Å². The molecule has 0 radical (unpaired) electrons. The molecule has 0 saturated heterocycles. The Morgan fingerprint density at radius 2 is 1.76 bits per heavy atom. The van der Waals surface area contributed by atoms with Crippen LogP contribution >= 0.6 is 11.6 Å². The lowest BCUT2D eigenvalue weighted by Gasteiger charge is -2.32. The molecular formula is C14H26ClNO. The van der Waals surface area contributed by atoms with Crippen molar-refractivity contribution >= 4 is 17.5 Å². The fraction of sp³-hybridized carbons (Fsp3) is 0.929. The standard InChI is InChI=1S/C14H26ClNO/c1-14(9-5-4-6-10-14)13(17)16-12-8-3-2-7-11-15/h2-12H2,1H3,(H,16,17). The Kier molecular flexibility index (Phi) is 6.94. The molecule has 0 aromatic carbocycles. The second kappa shape index (κ2) is 7.97. The number of halogens is 1. The van der Waals surface area contributed by atoms with E-state index in [0.717, 1.165) is 38.1 Å². The predicted octanol–water partition coefficient (Wildman–Crippen LogP) is 3.87. The summed E-state index contributed by atoms with van der Waals surface area (Å²) < 4.78 is 0. The first-order valence-corrected chi connectivity index (χ1v) is 7.57. The third-order valence-corrected chi connectivity index (χ3v) is 4.12. The van der Waals surface area contributed by atoms with Crippen LogP contribution in [0.25, 0.3) is 0 Å². The van der Waals surface area contributed by atoms with E-state index >= 15 is 0 Å². The van der Waals surface area contributed by atoms with E-state index in [1.54, 1.807) is 0 Å². The molecule has 1 N–H and O–H groups in total. The van der Waals surface area contributed by atoms with Crippen LogP contribution in [0, 0.1) is 5.41 Å². The number of alkyl halides is 1.